The lowest BCUT2D eigenvalue weighted by molar-refractivity contribution is -0.124. The minimum Gasteiger partial charge on any atom is -0.368 e. The lowest BCUT2D eigenvalue weighted by Gasteiger charge is -2.00. The maximum absolute atomic E-state index is 11.0. The molecule has 0 fully saturated rings. The zero-order valence-corrected chi connectivity index (χ0v) is 6.61. The summed E-state index contributed by atoms with van der Waals surface area (Å²) in [4.78, 5) is 25.7. The monoisotopic (exact) mass is 184 g/mol. The average molecular weight is 184 g/mol. The highest BCUT2D eigenvalue weighted by Crippen LogP contribution is 1.89. The van der Waals surface area contributed by atoms with Crippen LogP contribution < -0.4 is 11.2 Å². The molecule has 4 N–H and O–H groups in total. The lowest BCUT2D eigenvalue weighted by atomic mass is 10.4. The Balaban J connectivity index is 2.31. The Labute approximate surface area is 73.2 Å². The number of nitrogens with two attached hydrogens (primary N) is 1. The molecule has 13 heavy (non-hydrogen) atoms. The summed E-state index contributed by atoms with van der Waals surface area (Å²) >= 11 is 0. The number of hydroxylamine groups is 1. The zero-order valence-electron chi connectivity index (χ0n) is 6.61. The molecule has 0 spiro atoms. The van der Waals surface area contributed by atoms with Gasteiger partial charge in [0.1, 0.15) is 5.69 Å². The lowest BCUT2D eigenvalue weighted by Crippen LogP contribution is -2.29. The number of H-pyrrole nitrogens is 1. The summed E-state index contributed by atoms with van der Waals surface area (Å²) in [5, 5.41) is 5.97. The van der Waals surface area contributed by atoms with Gasteiger partial charge in [0.05, 0.1) is 0 Å². The molecule has 0 saturated heterocycles. The van der Waals surface area contributed by atoms with Crippen molar-refractivity contribution < 1.29 is 14.4 Å². The van der Waals surface area contributed by atoms with Crippen LogP contribution in [0.25, 0.3) is 0 Å². The fourth-order valence-corrected chi connectivity index (χ4v) is 0.610. The molecule has 1 aromatic rings. The number of aromatic nitrogens is 2. The smallest absolute Gasteiger partial charge is 0.292 e. The fourth-order valence-electron chi connectivity index (χ4n) is 0.610. The van der Waals surface area contributed by atoms with E-state index in [2.05, 4.69) is 15.0 Å². The van der Waals surface area contributed by atoms with Gasteiger partial charge in [0.25, 0.3) is 5.91 Å². The van der Waals surface area contributed by atoms with Crippen LogP contribution in [-0.4, -0.2) is 28.6 Å². The Morgan fingerprint density at radius 1 is 1.69 bits per heavy atom. The second-order valence-electron chi connectivity index (χ2n) is 2.16. The third-order valence-electron chi connectivity index (χ3n) is 1.12. The van der Waals surface area contributed by atoms with Gasteiger partial charge in [0.2, 0.25) is 5.91 Å². The van der Waals surface area contributed by atoms with Crippen LogP contribution >= 0.6 is 0 Å². The number of aromatic amines is 1. The minimum atomic E-state index is -0.662. The molecule has 7 heteroatoms. The molecule has 0 radical (unpaired) electrons. The number of primary amides is 1. The fraction of sp³-hybridized carbons (Fsp3) is 0.167. The average Bonchev–Trinajstić information content (AvgIpc) is 2.55. The first-order valence-corrected chi connectivity index (χ1v) is 3.40. The number of carbonyl (C=O) groups excluding carboxylic acids is 2. The van der Waals surface area contributed by atoms with E-state index in [0.29, 0.717) is 0 Å². The van der Waals surface area contributed by atoms with E-state index in [0.717, 1.165) is 0 Å². The second kappa shape index (κ2) is 4.21. The van der Waals surface area contributed by atoms with Crippen LogP contribution in [0.5, 0.6) is 0 Å². The Bertz CT molecular complexity index is 295. The van der Waals surface area contributed by atoms with Crippen molar-refractivity contribution in [3.05, 3.63) is 18.0 Å². The maximum atomic E-state index is 11.0. The molecule has 0 atom stereocenters. The highest BCUT2D eigenvalue weighted by Gasteiger charge is 2.06. The number of hydrogen-bond acceptors (Lipinski definition) is 4. The van der Waals surface area contributed by atoms with E-state index in [-0.39, 0.29) is 12.3 Å². The standard InChI is InChI=1S/C6H8N4O3/c7-5(11)3-13-10-6(12)4-1-2-8-9-4/h1-2H,3H2,(H2,7,11)(H,8,9)(H,10,12). The molecule has 0 aliphatic carbocycles. The first-order chi connectivity index (χ1) is 6.20. The van der Waals surface area contributed by atoms with E-state index in [1.165, 1.54) is 12.3 Å². The Kier molecular flexibility index (Phi) is 2.98. The predicted molar refractivity (Wildman–Crippen MR) is 41.2 cm³/mol. The van der Waals surface area contributed by atoms with Crippen LogP contribution in [-0.2, 0) is 9.63 Å². The largest absolute Gasteiger partial charge is 0.368 e. The second-order valence-corrected chi connectivity index (χ2v) is 2.16. The van der Waals surface area contributed by atoms with Crippen molar-refractivity contribution in [1.29, 1.82) is 0 Å². The van der Waals surface area contributed by atoms with Gasteiger partial charge < -0.3 is 5.73 Å². The molecule has 0 bridgehead atoms. The van der Waals surface area contributed by atoms with Crippen molar-refractivity contribution >= 4 is 11.8 Å². The molecule has 0 aliphatic heterocycles. The summed E-state index contributed by atoms with van der Waals surface area (Å²) in [6, 6.07) is 1.46. The summed E-state index contributed by atoms with van der Waals surface area (Å²) < 4.78 is 0. The number of nitrogens with zero attached hydrogens (tertiary/aromatic N) is 1. The van der Waals surface area contributed by atoms with Crippen molar-refractivity contribution in [3.63, 3.8) is 0 Å². The molecule has 0 aliphatic rings. The summed E-state index contributed by atoms with van der Waals surface area (Å²) in [5.41, 5.74) is 7.01. The van der Waals surface area contributed by atoms with Gasteiger partial charge in [-0.1, -0.05) is 0 Å². The molecule has 1 heterocycles. The first-order valence-electron chi connectivity index (χ1n) is 3.40. The van der Waals surface area contributed by atoms with Gasteiger partial charge in [-0.05, 0) is 6.07 Å². The topological polar surface area (TPSA) is 110 Å². The molecule has 2 amide bonds. The van der Waals surface area contributed by atoms with Gasteiger partial charge in [-0.15, -0.1) is 0 Å². The van der Waals surface area contributed by atoms with E-state index in [1.807, 2.05) is 5.48 Å². The number of amides is 2. The Morgan fingerprint density at radius 2 is 2.46 bits per heavy atom. The van der Waals surface area contributed by atoms with Gasteiger partial charge in [-0.2, -0.15) is 5.10 Å². The highest BCUT2D eigenvalue weighted by atomic mass is 16.7. The number of hydrogen-bond donors (Lipinski definition) is 3. The molecule has 0 saturated carbocycles. The van der Waals surface area contributed by atoms with Crippen LogP contribution in [0, 0.1) is 0 Å². The van der Waals surface area contributed by atoms with Gasteiger partial charge in [0, 0.05) is 6.20 Å². The number of rotatable bonds is 4. The normalized spacial score (nSPS) is 9.54. The highest BCUT2D eigenvalue weighted by molar-refractivity contribution is 5.91. The van der Waals surface area contributed by atoms with E-state index in [4.69, 9.17) is 5.73 Å². The van der Waals surface area contributed by atoms with Crippen LogP contribution in [0.15, 0.2) is 12.3 Å². The molecule has 70 valence electrons. The summed E-state index contributed by atoms with van der Waals surface area (Å²) in [6.07, 6.45) is 1.42. The summed E-state index contributed by atoms with van der Waals surface area (Å²) in [6.45, 7) is -0.361. The first kappa shape index (κ1) is 9.20. The molecular weight excluding hydrogens is 176 g/mol. The van der Waals surface area contributed by atoms with Crippen molar-refractivity contribution in [2.45, 2.75) is 0 Å². The predicted octanol–water partition coefficient (Wildman–Crippen LogP) is -1.44. The number of carbonyl (C=O) groups is 2. The molecule has 1 rings (SSSR count). The van der Waals surface area contributed by atoms with Crippen LogP contribution in [0.1, 0.15) is 10.5 Å². The van der Waals surface area contributed by atoms with E-state index >= 15 is 0 Å². The van der Waals surface area contributed by atoms with Crippen LogP contribution in [0.4, 0.5) is 0 Å². The summed E-state index contributed by atoms with van der Waals surface area (Å²) in [7, 11) is 0. The minimum absolute atomic E-state index is 0.240. The quantitative estimate of drug-likeness (QED) is 0.497. The van der Waals surface area contributed by atoms with Gasteiger partial charge in [0.15, 0.2) is 6.61 Å². The van der Waals surface area contributed by atoms with Gasteiger partial charge >= 0.3 is 0 Å². The van der Waals surface area contributed by atoms with E-state index < -0.39 is 11.8 Å². The van der Waals surface area contributed by atoms with Crippen LogP contribution in [0.3, 0.4) is 0 Å². The van der Waals surface area contributed by atoms with Crippen molar-refractivity contribution in [2.75, 3.05) is 6.61 Å². The van der Waals surface area contributed by atoms with E-state index in [9.17, 15) is 9.59 Å². The Morgan fingerprint density at radius 3 is 3.00 bits per heavy atom. The third-order valence-corrected chi connectivity index (χ3v) is 1.12. The molecular formula is C6H8N4O3. The van der Waals surface area contributed by atoms with Crippen molar-refractivity contribution in [2.24, 2.45) is 5.73 Å². The van der Waals surface area contributed by atoms with E-state index in [1.54, 1.807) is 0 Å². The Hall–Kier alpha value is -1.89. The zero-order chi connectivity index (χ0) is 9.68. The van der Waals surface area contributed by atoms with Gasteiger partial charge in [-0.25, -0.2) is 5.48 Å². The van der Waals surface area contributed by atoms with Crippen molar-refractivity contribution in [1.82, 2.24) is 15.7 Å². The van der Waals surface area contributed by atoms with Gasteiger partial charge in [-0.3, -0.25) is 19.5 Å². The molecule has 0 unspecified atom stereocenters. The SMILES string of the molecule is NC(=O)CONC(=O)c1ccn[nH]1. The third kappa shape index (κ3) is 2.91. The number of nitrogens with one attached hydrogen (secondary N) is 2. The molecule has 0 aromatic carbocycles. The summed E-state index contributed by atoms with van der Waals surface area (Å²) in [5.74, 6) is -1.18. The molecule has 1 aromatic heterocycles. The molecule has 7 nitrogen and oxygen atoms in total. The van der Waals surface area contributed by atoms with Crippen LogP contribution in [0.2, 0.25) is 0 Å². The van der Waals surface area contributed by atoms with Crippen molar-refractivity contribution in [3.8, 4) is 0 Å². The maximum Gasteiger partial charge on any atom is 0.292 e.